The highest BCUT2D eigenvalue weighted by atomic mass is 32.2. The van der Waals surface area contributed by atoms with E-state index in [-0.39, 0.29) is 0 Å². The second kappa shape index (κ2) is 9.09. The standard InChI is InChI=1S/C20H25N3O2S/c24-26(25,21-18-20-10-5-2-6-11-20)23-16-14-22(15-17-23)13-7-12-19-8-3-1-4-9-19/h1-12,21H,13-18H2. The molecule has 1 N–H and O–H groups in total. The maximum atomic E-state index is 12.4. The van der Waals surface area contributed by atoms with E-state index >= 15 is 0 Å². The quantitative estimate of drug-likeness (QED) is 0.813. The number of hydrogen-bond donors (Lipinski definition) is 1. The fourth-order valence-corrected chi connectivity index (χ4v) is 4.09. The van der Waals surface area contributed by atoms with Crippen molar-refractivity contribution in [1.82, 2.24) is 13.9 Å². The Morgan fingerprint density at radius 3 is 2.15 bits per heavy atom. The molecule has 0 unspecified atom stereocenters. The lowest BCUT2D eigenvalue weighted by Gasteiger charge is -2.33. The highest BCUT2D eigenvalue weighted by molar-refractivity contribution is 7.87. The van der Waals surface area contributed by atoms with Crippen LogP contribution in [0.15, 0.2) is 66.7 Å². The molecule has 1 fully saturated rings. The summed E-state index contributed by atoms with van der Waals surface area (Å²) in [5, 5.41) is 0. The number of nitrogens with zero attached hydrogens (tertiary/aromatic N) is 2. The minimum absolute atomic E-state index is 0.323. The molecule has 3 rings (SSSR count). The van der Waals surface area contributed by atoms with Crippen LogP contribution in [-0.2, 0) is 16.8 Å². The number of hydrogen-bond acceptors (Lipinski definition) is 3. The molecule has 0 atom stereocenters. The van der Waals surface area contributed by atoms with Gasteiger partial charge in [-0.25, -0.2) is 0 Å². The van der Waals surface area contributed by atoms with Crippen molar-refractivity contribution in [2.75, 3.05) is 32.7 Å². The van der Waals surface area contributed by atoms with E-state index in [1.54, 1.807) is 0 Å². The Kier molecular flexibility index (Phi) is 6.57. The molecular weight excluding hydrogens is 346 g/mol. The first-order valence-corrected chi connectivity index (χ1v) is 10.3. The molecule has 0 aliphatic carbocycles. The van der Waals surface area contributed by atoms with E-state index in [2.05, 4.69) is 33.9 Å². The molecule has 1 aliphatic rings. The van der Waals surface area contributed by atoms with Crippen LogP contribution in [0, 0.1) is 0 Å². The molecule has 0 radical (unpaired) electrons. The number of benzene rings is 2. The summed E-state index contributed by atoms with van der Waals surface area (Å²) >= 11 is 0. The van der Waals surface area contributed by atoms with Gasteiger partial charge in [0, 0.05) is 39.3 Å². The molecule has 0 spiro atoms. The third kappa shape index (κ3) is 5.51. The minimum atomic E-state index is -3.43. The normalized spacial score (nSPS) is 16.9. The third-order valence-corrected chi connectivity index (χ3v) is 6.00. The van der Waals surface area contributed by atoms with Crippen LogP contribution in [0.3, 0.4) is 0 Å². The van der Waals surface area contributed by atoms with Crippen LogP contribution in [-0.4, -0.2) is 50.3 Å². The highest BCUT2D eigenvalue weighted by Crippen LogP contribution is 2.08. The van der Waals surface area contributed by atoms with Gasteiger partial charge in [-0.15, -0.1) is 0 Å². The summed E-state index contributed by atoms with van der Waals surface area (Å²) in [6, 6.07) is 19.7. The summed E-state index contributed by atoms with van der Waals surface area (Å²) in [6.07, 6.45) is 4.23. The van der Waals surface area contributed by atoms with Crippen molar-refractivity contribution in [1.29, 1.82) is 0 Å². The van der Waals surface area contributed by atoms with Crippen molar-refractivity contribution < 1.29 is 8.42 Å². The van der Waals surface area contributed by atoms with Crippen molar-refractivity contribution in [3.63, 3.8) is 0 Å². The maximum Gasteiger partial charge on any atom is 0.279 e. The van der Waals surface area contributed by atoms with Crippen LogP contribution < -0.4 is 4.72 Å². The van der Waals surface area contributed by atoms with Crippen molar-refractivity contribution in [2.45, 2.75) is 6.54 Å². The molecule has 0 aromatic heterocycles. The van der Waals surface area contributed by atoms with Crippen LogP contribution in [0.2, 0.25) is 0 Å². The van der Waals surface area contributed by atoms with Gasteiger partial charge in [-0.2, -0.15) is 17.4 Å². The largest absolute Gasteiger partial charge is 0.297 e. The van der Waals surface area contributed by atoms with Crippen LogP contribution in [0.5, 0.6) is 0 Å². The Morgan fingerprint density at radius 1 is 0.885 bits per heavy atom. The van der Waals surface area contributed by atoms with Crippen LogP contribution in [0.4, 0.5) is 0 Å². The predicted octanol–water partition coefficient (Wildman–Crippen LogP) is 2.35. The van der Waals surface area contributed by atoms with Gasteiger partial charge >= 0.3 is 0 Å². The Labute approximate surface area is 156 Å². The smallest absolute Gasteiger partial charge is 0.279 e. The maximum absolute atomic E-state index is 12.4. The lowest BCUT2D eigenvalue weighted by molar-refractivity contribution is 0.203. The highest BCUT2D eigenvalue weighted by Gasteiger charge is 2.25. The van der Waals surface area contributed by atoms with Crippen LogP contribution in [0.1, 0.15) is 11.1 Å². The molecule has 6 heteroatoms. The molecular formula is C20H25N3O2S. The lowest BCUT2D eigenvalue weighted by Crippen LogP contribution is -2.51. The van der Waals surface area contributed by atoms with Crippen molar-refractivity contribution in [2.24, 2.45) is 0 Å². The SMILES string of the molecule is O=S(=O)(NCc1ccccc1)N1CCN(CC=Cc2ccccc2)CC1. The average molecular weight is 372 g/mol. The third-order valence-electron chi connectivity index (χ3n) is 4.45. The van der Waals surface area contributed by atoms with E-state index in [1.807, 2.05) is 48.5 Å². The summed E-state index contributed by atoms with van der Waals surface area (Å²) < 4.78 is 29.1. The first kappa shape index (κ1) is 18.8. The zero-order valence-electron chi connectivity index (χ0n) is 14.8. The molecule has 1 saturated heterocycles. The molecule has 5 nitrogen and oxygen atoms in total. The predicted molar refractivity (Wildman–Crippen MR) is 106 cm³/mol. The van der Waals surface area contributed by atoms with E-state index in [4.69, 9.17) is 0 Å². The summed E-state index contributed by atoms with van der Waals surface area (Å²) in [7, 11) is -3.43. The molecule has 0 bridgehead atoms. The van der Waals surface area contributed by atoms with Gasteiger partial charge in [0.15, 0.2) is 0 Å². The first-order valence-electron chi connectivity index (χ1n) is 8.86. The Hall–Kier alpha value is -1.99. The molecule has 1 aliphatic heterocycles. The molecule has 1 heterocycles. The molecule has 0 saturated carbocycles. The first-order chi connectivity index (χ1) is 12.6. The van der Waals surface area contributed by atoms with Gasteiger partial charge in [0.1, 0.15) is 0 Å². The van der Waals surface area contributed by atoms with Gasteiger partial charge in [-0.05, 0) is 11.1 Å². The van der Waals surface area contributed by atoms with Crippen molar-refractivity contribution in [3.05, 3.63) is 77.9 Å². The fourth-order valence-electron chi connectivity index (χ4n) is 2.92. The van der Waals surface area contributed by atoms with E-state index in [9.17, 15) is 8.42 Å². The minimum Gasteiger partial charge on any atom is -0.297 e. The zero-order valence-corrected chi connectivity index (χ0v) is 15.6. The van der Waals surface area contributed by atoms with E-state index in [0.717, 1.165) is 25.2 Å². The van der Waals surface area contributed by atoms with Gasteiger partial charge < -0.3 is 0 Å². The summed E-state index contributed by atoms with van der Waals surface area (Å²) in [5.74, 6) is 0. The second-order valence-electron chi connectivity index (χ2n) is 6.32. The number of rotatable bonds is 7. The molecule has 138 valence electrons. The fraction of sp³-hybridized carbons (Fsp3) is 0.300. The molecule has 0 amide bonds. The number of piperazine rings is 1. The van der Waals surface area contributed by atoms with Crippen LogP contribution >= 0.6 is 0 Å². The van der Waals surface area contributed by atoms with Gasteiger partial charge in [0.2, 0.25) is 0 Å². The Bertz CT molecular complexity index is 799. The number of nitrogens with one attached hydrogen (secondary N) is 1. The topological polar surface area (TPSA) is 52.7 Å². The molecule has 2 aromatic carbocycles. The average Bonchev–Trinajstić information content (AvgIpc) is 2.69. The van der Waals surface area contributed by atoms with Gasteiger partial charge in [-0.3, -0.25) is 4.90 Å². The van der Waals surface area contributed by atoms with Gasteiger partial charge in [0.05, 0.1) is 0 Å². The van der Waals surface area contributed by atoms with Gasteiger partial charge in [0.25, 0.3) is 10.2 Å². The second-order valence-corrected chi connectivity index (χ2v) is 8.08. The summed E-state index contributed by atoms with van der Waals surface area (Å²) in [4.78, 5) is 2.27. The van der Waals surface area contributed by atoms with Crippen molar-refractivity contribution >= 4 is 16.3 Å². The van der Waals surface area contributed by atoms with E-state index in [0.29, 0.717) is 19.6 Å². The van der Waals surface area contributed by atoms with Gasteiger partial charge in [-0.1, -0.05) is 72.8 Å². The molecule has 2 aromatic rings. The van der Waals surface area contributed by atoms with Crippen molar-refractivity contribution in [3.8, 4) is 0 Å². The van der Waals surface area contributed by atoms with E-state index in [1.165, 1.54) is 9.87 Å². The van der Waals surface area contributed by atoms with Crippen LogP contribution in [0.25, 0.3) is 6.08 Å². The summed E-state index contributed by atoms with van der Waals surface area (Å²) in [6.45, 7) is 3.67. The monoisotopic (exact) mass is 371 g/mol. The Morgan fingerprint density at radius 2 is 1.50 bits per heavy atom. The van der Waals surface area contributed by atoms with E-state index < -0.39 is 10.2 Å². The molecule has 26 heavy (non-hydrogen) atoms. The Balaban J connectivity index is 1.44. The zero-order chi connectivity index (χ0) is 18.2. The lowest BCUT2D eigenvalue weighted by atomic mass is 10.2. The summed E-state index contributed by atoms with van der Waals surface area (Å²) in [5.41, 5.74) is 2.14.